The number of furan rings is 1. The van der Waals surface area contributed by atoms with Crippen LogP contribution < -0.4 is 10.6 Å². The van der Waals surface area contributed by atoms with Crippen LogP contribution in [-0.4, -0.2) is 15.9 Å². The Labute approximate surface area is 147 Å². The third-order valence-corrected chi connectivity index (χ3v) is 3.94. The molecule has 0 unspecified atom stereocenters. The van der Waals surface area contributed by atoms with Crippen LogP contribution in [0.3, 0.4) is 0 Å². The summed E-state index contributed by atoms with van der Waals surface area (Å²) in [5, 5.41) is 5.85. The van der Waals surface area contributed by atoms with Gasteiger partial charge in [-0.1, -0.05) is 6.07 Å². The van der Waals surface area contributed by atoms with Gasteiger partial charge < -0.3 is 15.1 Å². The molecule has 122 valence electrons. The van der Waals surface area contributed by atoms with E-state index in [1.54, 1.807) is 18.4 Å². The van der Waals surface area contributed by atoms with Crippen molar-refractivity contribution in [3.05, 3.63) is 70.3 Å². The van der Waals surface area contributed by atoms with Crippen molar-refractivity contribution in [2.75, 3.05) is 5.32 Å². The highest BCUT2D eigenvalue weighted by Gasteiger charge is 2.08. The van der Waals surface area contributed by atoms with E-state index in [1.807, 2.05) is 25.1 Å². The number of carbonyl (C=O) groups excluding carboxylic acids is 1. The van der Waals surface area contributed by atoms with Crippen molar-refractivity contribution in [2.45, 2.75) is 13.5 Å². The summed E-state index contributed by atoms with van der Waals surface area (Å²) in [6, 6.07) is 9.49. The Balaban J connectivity index is 1.63. The molecule has 0 fully saturated rings. The molecule has 0 aliphatic rings. The summed E-state index contributed by atoms with van der Waals surface area (Å²) in [6.45, 7) is 2.34. The summed E-state index contributed by atoms with van der Waals surface area (Å²) in [6.07, 6.45) is 4.53. The van der Waals surface area contributed by atoms with E-state index in [4.69, 9.17) is 4.42 Å². The number of rotatable bonds is 5. The molecule has 24 heavy (non-hydrogen) atoms. The van der Waals surface area contributed by atoms with Crippen LogP contribution in [0.5, 0.6) is 0 Å². The number of carbonyl (C=O) groups is 1. The number of hydrogen-bond donors (Lipinski definition) is 2. The third-order valence-electron chi connectivity index (χ3n) is 3.29. The summed E-state index contributed by atoms with van der Waals surface area (Å²) < 4.78 is 6.09. The van der Waals surface area contributed by atoms with Crippen LogP contribution in [-0.2, 0) is 6.54 Å². The number of aromatic nitrogens is 2. The molecule has 2 N–H and O–H groups in total. The molecule has 0 aliphatic heterocycles. The van der Waals surface area contributed by atoms with E-state index in [0.717, 1.165) is 15.7 Å². The van der Waals surface area contributed by atoms with Gasteiger partial charge in [-0.05, 0) is 52.7 Å². The second-order valence-corrected chi connectivity index (χ2v) is 6.02. The Hall–Kier alpha value is -2.67. The summed E-state index contributed by atoms with van der Waals surface area (Å²) in [5.41, 5.74) is 2.39. The molecule has 2 aromatic heterocycles. The number of halogens is 1. The summed E-state index contributed by atoms with van der Waals surface area (Å²) in [5.74, 6) is 0.850. The molecule has 0 saturated heterocycles. The minimum absolute atomic E-state index is 0.255. The minimum atomic E-state index is -0.255. The number of amides is 1. The molecule has 0 bridgehead atoms. The van der Waals surface area contributed by atoms with Crippen molar-refractivity contribution < 1.29 is 9.21 Å². The number of benzene rings is 1. The third kappa shape index (κ3) is 3.99. The van der Waals surface area contributed by atoms with E-state index < -0.39 is 0 Å². The molecule has 7 heteroatoms. The quantitative estimate of drug-likeness (QED) is 0.696. The number of nitrogens with zero attached hydrogens (tertiary/aromatic N) is 2. The summed E-state index contributed by atoms with van der Waals surface area (Å²) in [7, 11) is 0. The van der Waals surface area contributed by atoms with E-state index >= 15 is 0 Å². The Kier molecular flexibility index (Phi) is 4.90. The fourth-order valence-electron chi connectivity index (χ4n) is 2.03. The topological polar surface area (TPSA) is 80.0 Å². The fraction of sp³-hybridized carbons (Fsp3) is 0.118. The Morgan fingerprint density at radius 3 is 2.71 bits per heavy atom. The molecule has 0 aliphatic carbocycles. The van der Waals surface area contributed by atoms with Crippen LogP contribution in [0.2, 0.25) is 0 Å². The maximum Gasteiger partial charge on any atom is 0.254 e. The lowest BCUT2D eigenvalue weighted by atomic mass is 10.2. The largest absolute Gasteiger partial charge is 0.467 e. The summed E-state index contributed by atoms with van der Waals surface area (Å²) >= 11 is 3.49. The van der Waals surface area contributed by atoms with Crippen molar-refractivity contribution in [1.82, 2.24) is 15.3 Å². The highest BCUT2D eigenvalue weighted by Crippen LogP contribution is 2.25. The van der Waals surface area contributed by atoms with E-state index in [9.17, 15) is 4.79 Å². The zero-order chi connectivity index (χ0) is 16.9. The molecule has 0 radical (unpaired) electrons. The maximum absolute atomic E-state index is 12.0. The SMILES string of the molecule is Cc1ccc(Nc2ncc(C(=O)NCc3ccco3)cn2)c(Br)c1. The van der Waals surface area contributed by atoms with Gasteiger partial charge in [0.05, 0.1) is 24.1 Å². The molecule has 2 heterocycles. The fourth-order valence-corrected chi connectivity index (χ4v) is 2.63. The molecule has 1 amide bonds. The monoisotopic (exact) mass is 386 g/mol. The first-order valence-electron chi connectivity index (χ1n) is 7.27. The highest BCUT2D eigenvalue weighted by molar-refractivity contribution is 9.10. The van der Waals surface area contributed by atoms with Gasteiger partial charge in [0.2, 0.25) is 5.95 Å². The van der Waals surface area contributed by atoms with Crippen LogP contribution in [0.4, 0.5) is 11.6 Å². The van der Waals surface area contributed by atoms with Crippen LogP contribution in [0, 0.1) is 6.92 Å². The number of aryl methyl sites for hydroxylation is 1. The zero-order valence-electron chi connectivity index (χ0n) is 12.9. The van der Waals surface area contributed by atoms with Crippen LogP contribution in [0.25, 0.3) is 0 Å². The number of nitrogens with one attached hydrogen (secondary N) is 2. The Bertz CT molecular complexity index is 832. The van der Waals surface area contributed by atoms with Gasteiger partial charge in [0.25, 0.3) is 5.91 Å². The van der Waals surface area contributed by atoms with Crippen molar-refractivity contribution in [1.29, 1.82) is 0 Å². The molecular formula is C17H15BrN4O2. The first-order chi connectivity index (χ1) is 11.6. The molecule has 6 nitrogen and oxygen atoms in total. The van der Waals surface area contributed by atoms with E-state index in [2.05, 4.69) is 36.5 Å². The number of anilines is 2. The smallest absolute Gasteiger partial charge is 0.254 e. The van der Waals surface area contributed by atoms with Gasteiger partial charge in [-0.2, -0.15) is 0 Å². The van der Waals surface area contributed by atoms with Crippen molar-refractivity contribution in [2.24, 2.45) is 0 Å². The highest BCUT2D eigenvalue weighted by atomic mass is 79.9. The second-order valence-electron chi connectivity index (χ2n) is 5.17. The van der Waals surface area contributed by atoms with Gasteiger partial charge in [-0.3, -0.25) is 4.79 Å². The van der Waals surface area contributed by atoms with Gasteiger partial charge in [0.1, 0.15) is 5.76 Å². The lowest BCUT2D eigenvalue weighted by Crippen LogP contribution is -2.23. The normalized spacial score (nSPS) is 10.4. The molecule has 0 spiro atoms. The van der Waals surface area contributed by atoms with E-state index in [-0.39, 0.29) is 5.91 Å². The van der Waals surface area contributed by atoms with Gasteiger partial charge in [-0.25, -0.2) is 9.97 Å². The molecule has 0 atom stereocenters. The predicted molar refractivity (Wildman–Crippen MR) is 94.1 cm³/mol. The molecule has 1 aromatic carbocycles. The lowest BCUT2D eigenvalue weighted by Gasteiger charge is -2.08. The Morgan fingerprint density at radius 1 is 1.25 bits per heavy atom. The average Bonchev–Trinajstić information content (AvgIpc) is 3.09. The zero-order valence-corrected chi connectivity index (χ0v) is 14.5. The van der Waals surface area contributed by atoms with Gasteiger partial charge in [0.15, 0.2) is 0 Å². The Morgan fingerprint density at radius 2 is 2.04 bits per heavy atom. The maximum atomic E-state index is 12.0. The molecule has 0 saturated carbocycles. The standard InChI is InChI=1S/C17H15BrN4O2/c1-11-4-5-15(14(18)7-11)22-17-20-8-12(9-21-17)16(23)19-10-13-3-2-6-24-13/h2-9H,10H2,1H3,(H,19,23)(H,20,21,22). The lowest BCUT2D eigenvalue weighted by molar-refractivity contribution is 0.0947. The summed E-state index contributed by atoms with van der Waals surface area (Å²) in [4.78, 5) is 20.4. The van der Waals surface area contributed by atoms with Gasteiger partial charge in [-0.15, -0.1) is 0 Å². The number of hydrogen-bond acceptors (Lipinski definition) is 5. The van der Waals surface area contributed by atoms with Gasteiger partial charge >= 0.3 is 0 Å². The van der Waals surface area contributed by atoms with Crippen LogP contribution >= 0.6 is 15.9 Å². The first kappa shape index (κ1) is 16.2. The van der Waals surface area contributed by atoms with Gasteiger partial charge in [0, 0.05) is 16.9 Å². The van der Waals surface area contributed by atoms with Crippen LogP contribution in [0.1, 0.15) is 21.7 Å². The van der Waals surface area contributed by atoms with Crippen molar-refractivity contribution >= 4 is 33.5 Å². The molecule has 3 rings (SSSR count). The molecular weight excluding hydrogens is 372 g/mol. The second kappa shape index (κ2) is 7.27. The minimum Gasteiger partial charge on any atom is -0.467 e. The van der Waals surface area contributed by atoms with E-state index in [0.29, 0.717) is 23.8 Å². The first-order valence-corrected chi connectivity index (χ1v) is 8.07. The van der Waals surface area contributed by atoms with Crippen molar-refractivity contribution in [3.8, 4) is 0 Å². The average molecular weight is 387 g/mol. The van der Waals surface area contributed by atoms with Crippen LogP contribution in [0.15, 0.2) is 57.9 Å². The molecule has 3 aromatic rings. The van der Waals surface area contributed by atoms with Crippen molar-refractivity contribution in [3.63, 3.8) is 0 Å². The predicted octanol–water partition coefficient (Wildman–Crippen LogP) is 3.81. The van der Waals surface area contributed by atoms with E-state index in [1.165, 1.54) is 12.4 Å².